The van der Waals surface area contributed by atoms with Crippen LogP contribution < -0.4 is 5.73 Å². The predicted octanol–water partition coefficient (Wildman–Crippen LogP) is 3.34. The highest BCUT2D eigenvalue weighted by molar-refractivity contribution is 7.85. The number of fused-ring (bicyclic) bond motifs is 1. The van der Waals surface area contributed by atoms with Gasteiger partial charge in [0, 0.05) is 11.3 Å². The van der Waals surface area contributed by atoms with Gasteiger partial charge in [-0.3, -0.25) is 4.55 Å². The Morgan fingerprint density at radius 2 is 1.62 bits per heavy atom. The van der Waals surface area contributed by atoms with Crippen molar-refractivity contribution in [2.24, 2.45) is 0 Å². The van der Waals surface area contributed by atoms with Crippen molar-refractivity contribution >= 4 is 26.6 Å². The van der Waals surface area contributed by atoms with E-state index >= 15 is 0 Å². The molecule has 3 rings (SSSR count). The quantitative estimate of drug-likeness (QED) is 0.562. The number of rotatable bonds is 2. The Bertz CT molecular complexity index is 919. The topological polar surface area (TPSA) is 80.4 Å². The van der Waals surface area contributed by atoms with Crippen LogP contribution in [0.2, 0.25) is 0 Å². The van der Waals surface area contributed by atoms with Crippen LogP contribution >= 0.6 is 0 Å². The average Bonchev–Trinajstić information content (AvgIpc) is 2.46. The molecular weight excluding hydrogens is 286 g/mol. The Morgan fingerprint density at radius 1 is 0.905 bits per heavy atom. The molecule has 4 nitrogen and oxygen atoms in total. The first-order chi connectivity index (χ1) is 9.97. The molecule has 0 aliphatic carbocycles. The van der Waals surface area contributed by atoms with E-state index in [-0.39, 0.29) is 4.90 Å². The molecule has 0 saturated heterocycles. The average molecular weight is 299 g/mol. The van der Waals surface area contributed by atoms with Gasteiger partial charge in [-0.15, -0.1) is 0 Å². The molecule has 21 heavy (non-hydrogen) atoms. The lowest BCUT2D eigenvalue weighted by atomic mass is 9.96. The van der Waals surface area contributed by atoms with E-state index in [1.54, 1.807) is 18.2 Å². The van der Waals surface area contributed by atoms with Gasteiger partial charge in [-0.1, -0.05) is 42.5 Å². The summed E-state index contributed by atoms with van der Waals surface area (Å²) in [7, 11) is -4.21. The summed E-state index contributed by atoms with van der Waals surface area (Å²) in [5.41, 5.74) is 8.51. The maximum atomic E-state index is 11.2. The summed E-state index contributed by atoms with van der Waals surface area (Å²) >= 11 is 0. The Labute approximate surface area is 122 Å². The molecule has 0 amide bonds. The summed E-state index contributed by atoms with van der Waals surface area (Å²) in [6.07, 6.45) is 0. The fraction of sp³-hybridized carbons (Fsp3) is 0. The summed E-state index contributed by atoms with van der Waals surface area (Å²) in [6, 6.07) is 17.6. The minimum absolute atomic E-state index is 0.126. The zero-order valence-electron chi connectivity index (χ0n) is 11.0. The lowest BCUT2D eigenvalue weighted by molar-refractivity contribution is 0.483. The van der Waals surface area contributed by atoms with Crippen LogP contribution in [0.3, 0.4) is 0 Å². The molecule has 0 heterocycles. The van der Waals surface area contributed by atoms with Gasteiger partial charge in [-0.25, -0.2) is 0 Å². The van der Waals surface area contributed by atoms with Crippen LogP contribution in [0.1, 0.15) is 0 Å². The standard InChI is InChI=1S/C16H13NO3S/c17-15-9-6-12-10-13(21(18,19)20)7-8-14(12)16(15)11-4-2-1-3-5-11/h1-10H,17H2,(H,18,19,20). The van der Waals surface area contributed by atoms with E-state index in [2.05, 4.69) is 0 Å². The number of anilines is 1. The Balaban J connectivity index is 2.33. The normalized spacial score (nSPS) is 11.7. The predicted molar refractivity (Wildman–Crippen MR) is 83.6 cm³/mol. The van der Waals surface area contributed by atoms with Crippen LogP contribution in [0, 0.1) is 0 Å². The summed E-state index contributed by atoms with van der Waals surface area (Å²) in [4.78, 5) is -0.126. The molecule has 3 aromatic rings. The van der Waals surface area contributed by atoms with Crippen molar-refractivity contribution in [2.45, 2.75) is 4.90 Å². The molecule has 0 bridgehead atoms. The van der Waals surface area contributed by atoms with Gasteiger partial charge >= 0.3 is 0 Å². The molecule has 0 radical (unpaired) electrons. The zero-order valence-corrected chi connectivity index (χ0v) is 11.8. The fourth-order valence-corrected chi connectivity index (χ4v) is 2.93. The van der Waals surface area contributed by atoms with Crippen LogP contribution in [0.4, 0.5) is 5.69 Å². The van der Waals surface area contributed by atoms with Crippen LogP contribution in [0.25, 0.3) is 21.9 Å². The smallest absolute Gasteiger partial charge is 0.294 e. The molecule has 0 aromatic heterocycles. The molecule has 0 fully saturated rings. The lowest BCUT2D eigenvalue weighted by Crippen LogP contribution is -1.98. The number of benzene rings is 3. The summed E-state index contributed by atoms with van der Waals surface area (Å²) in [6.45, 7) is 0. The van der Waals surface area contributed by atoms with Crippen molar-refractivity contribution < 1.29 is 13.0 Å². The van der Waals surface area contributed by atoms with Crippen LogP contribution in [0.5, 0.6) is 0 Å². The third kappa shape index (κ3) is 2.49. The van der Waals surface area contributed by atoms with E-state index < -0.39 is 10.1 Å². The largest absolute Gasteiger partial charge is 0.398 e. The number of nitrogen functional groups attached to an aromatic ring is 1. The molecule has 3 N–H and O–H groups in total. The van der Waals surface area contributed by atoms with E-state index in [4.69, 9.17) is 10.3 Å². The fourth-order valence-electron chi connectivity index (χ4n) is 2.41. The highest BCUT2D eigenvalue weighted by Crippen LogP contribution is 2.34. The first-order valence-electron chi connectivity index (χ1n) is 6.32. The van der Waals surface area contributed by atoms with E-state index in [0.29, 0.717) is 11.1 Å². The molecule has 3 aromatic carbocycles. The SMILES string of the molecule is Nc1ccc2cc(S(=O)(=O)O)ccc2c1-c1ccccc1. The zero-order chi connectivity index (χ0) is 15.0. The highest BCUT2D eigenvalue weighted by atomic mass is 32.2. The molecule has 0 aliphatic rings. The third-order valence-electron chi connectivity index (χ3n) is 3.38. The van der Waals surface area contributed by atoms with Gasteiger partial charge in [-0.05, 0) is 34.5 Å². The van der Waals surface area contributed by atoms with E-state index in [9.17, 15) is 8.42 Å². The Kier molecular flexibility index (Phi) is 3.16. The van der Waals surface area contributed by atoms with Gasteiger partial charge in [0.1, 0.15) is 0 Å². The van der Waals surface area contributed by atoms with Gasteiger partial charge in [0.05, 0.1) is 4.90 Å². The number of nitrogens with two attached hydrogens (primary N) is 1. The van der Waals surface area contributed by atoms with Gasteiger partial charge in [0.25, 0.3) is 10.1 Å². The van der Waals surface area contributed by atoms with Crippen LogP contribution in [0.15, 0.2) is 65.6 Å². The molecule has 0 atom stereocenters. The molecule has 0 unspecified atom stereocenters. The number of hydrogen-bond acceptors (Lipinski definition) is 3. The molecule has 5 heteroatoms. The van der Waals surface area contributed by atoms with Gasteiger partial charge < -0.3 is 5.73 Å². The maximum Gasteiger partial charge on any atom is 0.294 e. The maximum absolute atomic E-state index is 11.2. The van der Waals surface area contributed by atoms with Crippen molar-refractivity contribution in [3.8, 4) is 11.1 Å². The van der Waals surface area contributed by atoms with Gasteiger partial charge in [-0.2, -0.15) is 8.42 Å². The van der Waals surface area contributed by atoms with E-state index in [1.807, 2.05) is 30.3 Å². The summed E-state index contributed by atoms with van der Waals surface area (Å²) < 4.78 is 31.6. The number of hydrogen-bond donors (Lipinski definition) is 2. The van der Waals surface area contributed by atoms with Crippen molar-refractivity contribution in [3.63, 3.8) is 0 Å². The summed E-state index contributed by atoms with van der Waals surface area (Å²) in [5.74, 6) is 0. The van der Waals surface area contributed by atoms with Gasteiger partial charge in [0.2, 0.25) is 0 Å². The lowest BCUT2D eigenvalue weighted by Gasteiger charge is -2.11. The highest BCUT2D eigenvalue weighted by Gasteiger charge is 2.13. The van der Waals surface area contributed by atoms with E-state index in [1.165, 1.54) is 12.1 Å². The molecule has 0 spiro atoms. The van der Waals surface area contributed by atoms with E-state index in [0.717, 1.165) is 16.5 Å². The Morgan fingerprint density at radius 3 is 2.29 bits per heavy atom. The second-order valence-corrected chi connectivity index (χ2v) is 6.18. The van der Waals surface area contributed by atoms with Crippen LogP contribution in [-0.2, 0) is 10.1 Å². The van der Waals surface area contributed by atoms with Crippen molar-refractivity contribution in [2.75, 3.05) is 5.73 Å². The molecule has 106 valence electrons. The molecule has 0 aliphatic heterocycles. The molecule has 0 saturated carbocycles. The van der Waals surface area contributed by atoms with Crippen molar-refractivity contribution in [1.29, 1.82) is 0 Å². The second kappa shape index (κ2) is 4.87. The van der Waals surface area contributed by atoms with Gasteiger partial charge in [0.15, 0.2) is 0 Å². The summed E-state index contributed by atoms with van der Waals surface area (Å²) in [5, 5.41) is 1.55. The minimum Gasteiger partial charge on any atom is -0.398 e. The second-order valence-electron chi connectivity index (χ2n) is 4.75. The Hall–Kier alpha value is -2.37. The van der Waals surface area contributed by atoms with Crippen LogP contribution in [-0.4, -0.2) is 13.0 Å². The van der Waals surface area contributed by atoms with Crippen molar-refractivity contribution in [1.82, 2.24) is 0 Å². The molecular formula is C16H13NO3S. The first kappa shape index (κ1) is 13.6. The first-order valence-corrected chi connectivity index (χ1v) is 7.76. The van der Waals surface area contributed by atoms with Crippen molar-refractivity contribution in [3.05, 3.63) is 60.7 Å². The third-order valence-corrected chi connectivity index (χ3v) is 4.23. The monoisotopic (exact) mass is 299 g/mol. The minimum atomic E-state index is -4.21.